The van der Waals surface area contributed by atoms with Gasteiger partial charge in [-0.25, -0.2) is 4.98 Å². The minimum Gasteiger partial charge on any atom is -0.393 e. The van der Waals surface area contributed by atoms with Crippen LogP contribution in [0.15, 0.2) is 18.3 Å². The number of aliphatic hydroxyl groups is 1. The molecule has 3 rings (SSSR count). The highest BCUT2D eigenvalue weighted by Gasteiger charge is 2.46. The average molecular weight is 695 g/mol. The lowest BCUT2D eigenvalue weighted by Crippen LogP contribution is -2.63. The third-order valence-electron chi connectivity index (χ3n) is 9.01. The number of Topliss-reactive ketones (excluding diaryl/α,β-unsaturated/α-hetero) is 1. The molecule has 1 unspecified atom stereocenters. The molecule has 1 aliphatic heterocycles. The Morgan fingerprint density at radius 2 is 1.68 bits per heavy atom. The number of carbonyl (C=O) groups is 3. The lowest BCUT2D eigenvalue weighted by Gasteiger charge is -2.40. The van der Waals surface area contributed by atoms with E-state index in [0.29, 0.717) is 18.2 Å². The van der Waals surface area contributed by atoms with Crippen LogP contribution in [0.5, 0.6) is 0 Å². The first kappa shape index (κ1) is 40.9. The van der Waals surface area contributed by atoms with Crippen LogP contribution in [-0.4, -0.2) is 67.5 Å². The fourth-order valence-corrected chi connectivity index (χ4v) is 8.67. The molecule has 1 aromatic heterocycles. The van der Waals surface area contributed by atoms with Crippen LogP contribution in [0.1, 0.15) is 95.8 Å². The first-order chi connectivity index (χ1) is 20.0. The smallest absolute Gasteiger partial charge is 0.242 e. The average Bonchev–Trinajstić information content (AvgIpc) is 3.54. The fraction of sp³-hybridized carbons (Fsp3) is 0.742. The van der Waals surface area contributed by atoms with E-state index in [2.05, 4.69) is 15.6 Å². The van der Waals surface area contributed by atoms with Crippen molar-refractivity contribution in [1.29, 1.82) is 0 Å². The Bertz CT molecular complexity index is 1040. The highest BCUT2D eigenvalue weighted by atomic mass is 35.5. The van der Waals surface area contributed by atoms with E-state index in [1.54, 1.807) is 35.7 Å². The molecule has 44 heavy (non-hydrogen) atoms. The predicted molar refractivity (Wildman–Crippen MR) is 188 cm³/mol. The van der Waals surface area contributed by atoms with Crippen molar-refractivity contribution in [2.75, 3.05) is 16.8 Å². The SMILES string of the molecule is CC[C@H](C)[C@H](N)C(=O)Nc1ccc(C(=O)[C@@](CC(O)CCC2CCCCC2)(NC(=O)[C@@H](N)C2SCCS2)C(C)C)cn1.Cl.Cl. The third-order valence-corrected chi connectivity index (χ3v) is 12.2. The fourth-order valence-electron chi connectivity index (χ4n) is 5.81. The molecule has 9 nitrogen and oxygen atoms in total. The number of thioether (sulfide) groups is 2. The van der Waals surface area contributed by atoms with Gasteiger partial charge in [0.1, 0.15) is 17.4 Å². The van der Waals surface area contributed by atoms with Crippen LogP contribution in [0.4, 0.5) is 5.82 Å². The molecule has 0 spiro atoms. The van der Waals surface area contributed by atoms with E-state index in [4.69, 9.17) is 11.5 Å². The van der Waals surface area contributed by atoms with E-state index in [-0.39, 0.29) is 70.8 Å². The molecule has 2 heterocycles. The number of anilines is 1. The zero-order chi connectivity index (χ0) is 30.9. The number of aliphatic hydroxyl groups excluding tert-OH is 1. The second-order valence-electron chi connectivity index (χ2n) is 12.4. The summed E-state index contributed by atoms with van der Waals surface area (Å²) in [5, 5.41) is 17.0. The van der Waals surface area contributed by atoms with Crippen molar-refractivity contribution in [3.63, 3.8) is 0 Å². The van der Waals surface area contributed by atoms with Crippen LogP contribution < -0.4 is 22.1 Å². The van der Waals surface area contributed by atoms with Crippen molar-refractivity contribution >= 4 is 71.8 Å². The maximum Gasteiger partial charge on any atom is 0.242 e. The summed E-state index contributed by atoms with van der Waals surface area (Å²) in [5.41, 5.74) is 11.3. The first-order valence-electron chi connectivity index (χ1n) is 15.5. The monoisotopic (exact) mass is 693 g/mol. The van der Waals surface area contributed by atoms with Crippen molar-refractivity contribution in [3.8, 4) is 0 Å². The number of nitrogens with two attached hydrogens (primary N) is 2. The molecule has 2 fully saturated rings. The van der Waals surface area contributed by atoms with Crippen molar-refractivity contribution in [1.82, 2.24) is 10.3 Å². The summed E-state index contributed by atoms with van der Waals surface area (Å²) in [6.45, 7) is 7.66. The van der Waals surface area contributed by atoms with Crippen molar-refractivity contribution < 1.29 is 19.5 Å². The van der Waals surface area contributed by atoms with Gasteiger partial charge in [-0.05, 0) is 42.7 Å². The molecule has 2 amide bonds. The second-order valence-corrected chi connectivity index (χ2v) is 15.1. The summed E-state index contributed by atoms with van der Waals surface area (Å²) >= 11 is 3.31. The number of carbonyl (C=O) groups excluding carboxylic acids is 3. The molecule has 5 atom stereocenters. The zero-order valence-corrected chi connectivity index (χ0v) is 29.7. The highest BCUT2D eigenvalue weighted by Crippen LogP contribution is 2.35. The molecule has 1 aromatic rings. The number of ketones is 1. The van der Waals surface area contributed by atoms with E-state index >= 15 is 0 Å². The number of pyridine rings is 1. The second kappa shape index (κ2) is 19.6. The van der Waals surface area contributed by atoms with Crippen LogP contribution in [0.2, 0.25) is 0 Å². The molecule has 13 heteroatoms. The lowest BCUT2D eigenvalue weighted by atomic mass is 9.74. The van der Waals surface area contributed by atoms with Gasteiger partial charge in [-0.3, -0.25) is 14.4 Å². The van der Waals surface area contributed by atoms with Gasteiger partial charge in [-0.1, -0.05) is 66.2 Å². The van der Waals surface area contributed by atoms with E-state index in [1.165, 1.54) is 38.3 Å². The van der Waals surface area contributed by atoms with Gasteiger partial charge in [0.05, 0.1) is 16.7 Å². The van der Waals surface area contributed by atoms with Crippen LogP contribution in [-0.2, 0) is 9.59 Å². The lowest BCUT2D eigenvalue weighted by molar-refractivity contribution is -0.124. The summed E-state index contributed by atoms with van der Waals surface area (Å²) in [4.78, 5) is 44.7. The van der Waals surface area contributed by atoms with Gasteiger partial charge in [-0.2, -0.15) is 0 Å². The van der Waals surface area contributed by atoms with Gasteiger partial charge in [0.25, 0.3) is 0 Å². The molecule has 252 valence electrons. The Morgan fingerprint density at radius 3 is 2.23 bits per heavy atom. The highest BCUT2D eigenvalue weighted by molar-refractivity contribution is 8.20. The standard InChI is InChI=1S/C31H51N5O4S2.2ClH/c1-5-20(4)25(32)28(39)35-24-14-12-22(18-34-24)27(38)31(19(2)3,36-29(40)26(33)30-41-15-16-42-30)17-23(37)13-11-21-9-7-6-8-10-21;;/h12,14,18-21,23,25-26,30,37H,5-11,13,15-17,32-33H2,1-4H3,(H,36,40)(H,34,35,39);2*1H/t20-,23?,25-,26+,31-;;/m0../s1. The summed E-state index contributed by atoms with van der Waals surface area (Å²) in [7, 11) is 0. The number of aromatic nitrogens is 1. The number of hydrogen-bond donors (Lipinski definition) is 5. The number of rotatable bonds is 15. The van der Waals surface area contributed by atoms with Gasteiger partial charge in [0, 0.05) is 29.7 Å². The van der Waals surface area contributed by atoms with Gasteiger partial charge in [0.15, 0.2) is 5.78 Å². The van der Waals surface area contributed by atoms with Crippen molar-refractivity contribution in [3.05, 3.63) is 23.9 Å². The Balaban J connectivity index is 0.00000484. The topological polar surface area (TPSA) is 160 Å². The van der Waals surface area contributed by atoms with E-state index < -0.39 is 23.7 Å². The molecule has 1 saturated carbocycles. The first-order valence-corrected chi connectivity index (χ1v) is 17.6. The molecule has 1 saturated heterocycles. The Hall–Kier alpha value is -1.08. The van der Waals surface area contributed by atoms with Crippen LogP contribution in [0, 0.1) is 17.8 Å². The Kier molecular flexibility index (Phi) is 18.2. The molecule has 0 bridgehead atoms. The van der Waals surface area contributed by atoms with Crippen molar-refractivity contribution in [2.45, 2.75) is 114 Å². The molecular formula is C31H53Cl2N5O4S2. The Morgan fingerprint density at radius 1 is 1.05 bits per heavy atom. The molecule has 7 N–H and O–H groups in total. The largest absolute Gasteiger partial charge is 0.393 e. The molecule has 0 radical (unpaired) electrons. The minimum atomic E-state index is -1.38. The van der Waals surface area contributed by atoms with Crippen LogP contribution in [0.3, 0.4) is 0 Å². The summed E-state index contributed by atoms with van der Waals surface area (Å²) in [6.07, 6.45) is 9.07. The zero-order valence-electron chi connectivity index (χ0n) is 26.5. The van der Waals surface area contributed by atoms with Gasteiger partial charge >= 0.3 is 0 Å². The maximum absolute atomic E-state index is 14.3. The minimum absolute atomic E-state index is 0. The van der Waals surface area contributed by atoms with E-state index in [1.807, 2.05) is 27.7 Å². The van der Waals surface area contributed by atoms with Crippen LogP contribution in [0.25, 0.3) is 0 Å². The normalized spacial score (nSPS) is 19.9. The molecule has 0 aromatic carbocycles. The van der Waals surface area contributed by atoms with Gasteiger partial charge < -0.3 is 27.2 Å². The quantitative estimate of drug-likeness (QED) is 0.156. The van der Waals surface area contributed by atoms with Gasteiger partial charge in [-0.15, -0.1) is 48.3 Å². The van der Waals surface area contributed by atoms with Crippen molar-refractivity contribution in [2.24, 2.45) is 29.2 Å². The maximum atomic E-state index is 14.3. The molecule has 2 aliphatic rings. The van der Waals surface area contributed by atoms with E-state index in [9.17, 15) is 19.5 Å². The number of amides is 2. The predicted octanol–water partition coefficient (Wildman–Crippen LogP) is 5.18. The van der Waals surface area contributed by atoms with Crippen LogP contribution >= 0.6 is 48.3 Å². The number of hydrogen-bond acceptors (Lipinski definition) is 9. The molecular weight excluding hydrogens is 641 g/mol. The summed E-state index contributed by atoms with van der Waals surface area (Å²) < 4.78 is -0.0763. The number of halogens is 2. The van der Waals surface area contributed by atoms with Gasteiger partial charge in [0.2, 0.25) is 11.8 Å². The third kappa shape index (κ3) is 11.0. The number of nitrogens with one attached hydrogen (secondary N) is 2. The Labute approximate surface area is 284 Å². The number of nitrogens with zero attached hydrogens (tertiary/aromatic N) is 1. The summed E-state index contributed by atoms with van der Waals surface area (Å²) in [5.74, 6) is 1.37. The summed E-state index contributed by atoms with van der Waals surface area (Å²) in [6, 6.07) is 1.72. The van der Waals surface area contributed by atoms with E-state index in [0.717, 1.165) is 24.3 Å². The molecule has 1 aliphatic carbocycles.